The first-order valence-corrected chi connectivity index (χ1v) is 7.11. The molecule has 2 N–H and O–H groups in total. The molecule has 2 amide bonds. The molecule has 1 heterocycles. The van der Waals surface area contributed by atoms with E-state index in [1.165, 1.54) is 4.90 Å². The fourth-order valence-electron chi connectivity index (χ4n) is 1.74. The molecule has 0 saturated heterocycles. The van der Waals surface area contributed by atoms with Gasteiger partial charge in [-0.3, -0.25) is 0 Å². The van der Waals surface area contributed by atoms with Gasteiger partial charge in [-0.15, -0.1) is 0 Å². The number of likely N-dealkylation sites (N-methyl/N-ethyl adjacent to an activating group) is 1. The number of carbonyl (C=O) groups is 1. The maximum Gasteiger partial charge on any atom is 0.317 e. The summed E-state index contributed by atoms with van der Waals surface area (Å²) >= 11 is 5.83. The van der Waals surface area contributed by atoms with Crippen LogP contribution in [0.2, 0.25) is 5.02 Å². The first-order chi connectivity index (χ1) is 10.5. The van der Waals surface area contributed by atoms with Gasteiger partial charge in [0.15, 0.2) is 0 Å². The summed E-state index contributed by atoms with van der Waals surface area (Å²) in [5, 5.41) is 16.0. The molecule has 1 aromatic heterocycles. The molecule has 22 heavy (non-hydrogen) atoms. The van der Waals surface area contributed by atoms with E-state index in [1.54, 1.807) is 38.2 Å². The molecule has 1 unspecified atom stereocenters. The van der Waals surface area contributed by atoms with Crippen LogP contribution in [0.5, 0.6) is 0 Å². The number of nitrogens with zero attached hydrogens (tertiary/aromatic N) is 3. The van der Waals surface area contributed by atoms with Crippen LogP contribution < -0.4 is 5.32 Å². The Labute approximate surface area is 132 Å². The molecule has 8 heteroatoms. The molecular weight excluding hydrogens is 308 g/mol. The number of hydrogen-bond donors (Lipinski definition) is 2. The highest BCUT2D eigenvalue weighted by atomic mass is 35.5. The third-order valence-corrected chi connectivity index (χ3v) is 3.29. The van der Waals surface area contributed by atoms with Gasteiger partial charge >= 0.3 is 6.03 Å². The zero-order valence-corrected chi connectivity index (χ0v) is 13.0. The van der Waals surface area contributed by atoms with Crippen molar-refractivity contribution in [3.8, 4) is 11.4 Å². The van der Waals surface area contributed by atoms with E-state index in [1.807, 2.05) is 0 Å². The molecular formula is C14H17ClN4O3. The highest BCUT2D eigenvalue weighted by Gasteiger charge is 2.19. The predicted molar refractivity (Wildman–Crippen MR) is 81.4 cm³/mol. The van der Waals surface area contributed by atoms with Crippen molar-refractivity contribution in [2.45, 2.75) is 13.0 Å². The minimum absolute atomic E-state index is 0.0976. The number of aliphatic hydroxyl groups is 1. The van der Waals surface area contributed by atoms with Gasteiger partial charge in [-0.2, -0.15) is 4.98 Å². The van der Waals surface area contributed by atoms with Gasteiger partial charge in [-0.25, -0.2) is 4.79 Å². The Morgan fingerprint density at radius 1 is 1.45 bits per heavy atom. The molecule has 0 radical (unpaired) electrons. The first kappa shape index (κ1) is 16.3. The van der Waals surface area contributed by atoms with Crippen LogP contribution in [0.25, 0.3) is 11.4 Å². The summed E-state index contributed by atoms with van der Waals surface area (Å²) in [6.45, 7) is 1.89. The fraction of sp³-hybridized carbons (Fsp3) is 0.357. The minimum atomic E-state index is -0.442. The number of nitrogens with one attached hydrogen (secondary N) is 1. The number of aliphatic hydroxyl groups excluding tert-OH is 1. The Morgan fingerprint density at radius 3 is 2.77 bits per heavy atom. The average molecular weight is 325 g/mol. The number of carbonyl (C=O) groups excluding carboxylic acids is 1. The Hall–Kier alpha value is -2.12. The number of halogens is 1. The molecule has 0 saturated carbocycles. The van der Waals surface area contributed by atoms with Crippen LogP contribution in [0, 0.1) is 0 Å². The molecule has 1 atom stereocenters. The van der Waals surface area contributed by atoms with Crippen molar-refractivity contribution < 1.29 is 14.4 Å². The highest BCUT2D eigenvalue weighted by molar-refractivity contribution is 6.30. The lowest BCUT2D eigenvalue weighted by Crippen LogP contribution is -2.40. The summed E-state index contributed by atoms with van der Waals surface area (Å²) in [4.78, 5) is 17.5. The number of benzene rings is 1. The van der Waals surface area contributed by atoms with E-state index in [2.05, 4.69) is 15.5 Å². The molecule has 2 rings (SSSR count). The van der Waals surface area contributed by atoms with E-state index >= 15 is 0 Å². The maximum absolute atomic E-state index is 11.8. The Morgan fingerprint density at radius 2 is 2.14 bits per heavy atom. The van der Waals surface area contributed by atoms with Crippen molar-refractivity contribution in [1.82, 2.24) is 20.4 Å². The molecule has 2 aromatic rings. The summed E-state index contributed by atoms with van der Waals surface area (Å²) in [6.07, 6.45) is 0. The zero-order chi connectivity index (χ0) is 16.1. The lowest BCUT2D eigenvalue weighted by molar-refractivity contribution is 0.185. The molecule has 0 bridgehead atoms. The highest BCUT2D eigenvalue weighted by Crippen LogP contribution is 2.20. The molecule has 7 nitrogen and oxygen atoms in total. The lowest BCUT2D eigenvalue weighted by atomic mass is 10.2. The van der Waals surface area contributed by atoms with E-state index in [0.29, 0.717) is 16.7 Å². The van der Waals surface area contributed by atoms with Gasteiger partial charge in [0.1, 0.15) is 6.04 Å². The monoisotopic (exact) mass is 324 g/mol. The third kappa shape index (κ3) is 3.96. The normalized spacial score (nSPS) is 12.0. The summed E-state index contributed by atoms with van der Waals surface area (Å²) in [5.74, 6) is 0.729. The topological polar surface area (TPSA) is 91.5 Å². The zero-order valence-electron chi connectivity index (χ0n) is 12.3. The van der Waals surface area contributed by atoms with Gasteiger partial charge in [0.2, 0.25) is 11.7 Å². The first-order valence-electron chi connectivity index (χ1n) is 6.73. The van der Waals surface area contributed by atoms with Crippen molar-refractivity contribution in [2.75, 3.05) is 20.2 Å². The van der Waals surface area contributed by atoms with Crippen molar-refractivity contribution >= 4 is 17.6 Å². The van der Waals surface area contributed by atoms with Gasteiger partial charge in [0.25, 0.3) is 0 Å². The van der Waals surface area contributed by atoms with Crippen molar-refractivity contribution in [1.29, 1.82) is 0 Å². The second-order valence-electron chi connectivity index (χ2n) is 4.78. The molecule has 0 aliphatic carbocycles. The fourth-order valence-corrected chi connectivity index (χ4v) is 1.86. The van der Waals surface area contributed by atoms with Crippen molar-refractivity contribution in [3.63, 3.8) is 0 Å². The van der Waals surface area contributed by atoms with E-state index in [4.69, 9.17) is 21.2 Å². The molecule has 0 spiro atoms. The van der Waals surface area contributed by atoms with Gasteiger partial charge in [-0.1, -0.05) is 16.8 Å². The molecule has 1 aromatic carbocycles. The largest absolute Gasteiger partial charge is 0.395 e. The van der Waals surface area contributed by atoms with Crippen LogP contribution in [0.15, 0.2) is 28.8 Å². The quantitative estimate of drug-likeness (QED) is 0.878. The third-order valence-electron chi connectivity index (χ3n) is 3.04. The van der Waals surface area contributed by atoms with Crippen LogP contribution >= 0.6 is 11.6 Å². The second kappa shape index (κ2) is 7.24. The summed E-state index contributed by atoms with van der Waals surface area (Å²) < 4.78 is 5.17. The van der Waals surface area contributed by atoms with Gasteiger partial charge in [0.05, 0.1) is 6.61 Å². The number of urea groups is 1. The lowest BCUT2D eigenvalue weighted by Gasteiger charge is -2.18. The van der Waals surface area contributed by atoms with Crippen LogP contribution in [0.1, 0.15) is 18.9 Å². The van der Waals surface area contributed by atoms with Crippen molar-refractivity contribution in [2.24, 2.45) is 0 Å². The van der Waals surface area contributed by atoms with Crippen LogP contribution in [0.4, 0.5) is 4.79 Å². The number of rotatable bonds is 5. The van der Waals surface area contributed by atoms with E-state index in [0.717, 1.165) is 5.56 Å². The van der Waals surface area contributed by atoms with E-state index in [9.17, 15) is 4.79 Å². The summed E-state index contributed by atoms with van der Waals surface area (Å²) in [6, 6.07) is 6.28. The van der Waals surface area contributed by atoms with Gasteiger partial charge in [-0.05, 0) is 31.2 Å². The maximum atomic E-state index is 11.8. The number of amides is 2. The second-order valence-corrected chi connectivity index (χ2v) is 5.22. The SMILES string of the molecule is CC(NC(=O)N(C)CCO)c1nc(-c2ccc(Cl)cc2)no1. The summed E-state index contributed by atoms with van der Waals surface area (Å²) in [5.41, 5.74) is 0.773. The van der Waals surface area contributed by atoms with Crippen LogP contribution in [-0.2, 0) is 0 Å². The van der Waals surface area contributed by atoms with Crippen LogP contribution in [-0.4, -0.2) is 46.4 Å². The van der Waals surface area contributed by atoms with Crippen LogP contribution in [0.3, 0.4) is 0 Å². The Balaban J connectivity index is 2.04. The predicted octanol–water partition coefficient (Wildman–Crippen LogP) is 2.08. The molecule has 0 aliphatic rings. The van der Waals surface area contributed by atoms with Gasteiger partial charge < -0.3 is 19.8 Å². The Kier molecular flexibility index (Phi) is 5.35. The van der Waals surface area contributed by atoms with Gasteiger partial charge in [0, 0.05) is 24.2 Å². The minimum Gasteiger partial charge on any atom is -0.395 e. The average Bonchev–Trinajstić information content (AvgIpc) is 2.98. The summed E-state index contributed by atoms with van der Waals surface area (Å²) in [7, 11) is 1.59. The molecule has 118 valence electrons. The number of aromatic nitrogens is 2. The standard InChI is InChI=1S/C14H17ClN4O3/c1-9(16-14(21)19(2)7-8-20)13-17-12(18-22-13)10-3-5-11(15)6-4-10/h3-6,9,20H,7-8H2,1-2H3,(H,16,21). The number of hydrogen-bond acceptors (Lipinski definition) is 5. The molecule has 0 fully saturated rings. The smallest absolute Gasteiger partial charge is 0.317 e. The van der Waals surface area contributed by atoms with Crippen molar-refractivity contribution in [3.05, 3.63) is 35.2 Å². The van der Waals surface area contributed by atoms with E-state index in [-0.39, 0.29) is 19.2 Å². The molecule has 0 aliphatic heterocycles. The Bertz CT molecular complexity index is 629. The van der Waals surface area contributed by atoms with E-state index < -0.39 is 6.04 Å².